The second-order valence-corrected chi connectivity index (χ2v) is 17.9. The average Bonchev–Trinajstić information content (AvgIpc) is 3.30. The third-order valence-electron chi connectivity index (χ3n) is 11.5. The van der Waals surface area contributed by atoms with Gasteiger partial charge in [0.1, 0.15) is 13.2 Å². The van der Waals surface area contributed by atoms with Crippen LogP contribution in [-0.2, 0) is 28.6 Å². The molecule has 1 unspecified atom stereocenters. The van der Waals surface area contributed by atoms with Gasteiger partial charge >= 0.3 is 17.9 Å². The van der Waals surface area contributed by atoms with Crippen molar-refractivity contribution in [3.63, 3.8) is 0 Å². The van der Waals surface area contributed by atoms with E-state index in [0.717, 1.165) is 109 Å². The summed E-state index contributed by atoms with van der Waals surface area (Å²) in [5.41, 5.74) is 0. The predicted octanol–water partition coefficient (Wildman–Crippen LogP) is 18.0. The van der Waals surface area contributed by atoms with Crippen molar-refractivity contribution in [2.75, 3.05) is 13.2 Å². The van der Waals surface area contributed by atoms with E-state index < -0.39 is 6.10 Å². The van der Waals surface area contributed by atoms with Crippen molar-refractivity contribution in [1.82, 2.24) is 0 Å². The Morgan fingerprint density at radius 2 is 0.615 bits per heavy atom. The number of rotatable bonds is 48. The third-order valence-corrected chi connectivity index (χ3v) is 11.5. The first-order valence-electron chi connectivity index (χ1n) is 27.2. The van der Waals surface area contributed by atoms with E-state index in [1.54, 1.807) is 0 Å². The molecule has 372 valence electrons. The van der Waals surface area contributed by atoms with E-state index >= 15 is 0 Å². The van der Waals surface area contributed by atoms with E-state index in [1.165, 1.54) is 103 Å². The summed E-state index contributed by atoms with van der Waals surface area (Å²) in [5, 5.41) is 0. The molecule has 0 amide bonds. The second kappa shape index (κ2) is 53.2. The fraction of sp³-hybridized carbons (Fsp3) is 0.712. The van der Waals surface area contributed by atoms with Crippen LogP contribution in [0.3, 0.4) is 0 Å². The molecule has 0 heterocycles. The Hall–Kier alpha value is -3.41. The molecule has 0 saturated heterocycles. The molecular weight excluding hydrogens is 805 g/mol. The first kappa shape index (κ1) is 61.6. The van der Waals surface area contributed by atoms with Crippen molar-refractivity contribution < 1.29 is 28.6 Å². The molecule has 0 aromatic heterocycles. The molecule has 0 aliphatic carbocycles. The van der Waals surface area contributed by atoms with Crippen molar-refractivity contribution in [2.45, 2.75) is 258 Å². The van der Waals surface area contributed by atoms with Gasteiger partial charge in [-0.2, -0.15) is 0 Å². The van der Waals surface area contributed by atoms with Gasteiger partial charge in [-0.05, 0) is 83.5 Å². The summed E-state index contributed by atoms with van der Waals surface area (Å²) in [5.74, 6) is -0.934. The number of carbonyl (C=O) groups excluding carboxylic acids is 3. The first-order chi connectivity index (χ1) is 32.0. The van der Waals surface area contributed by atoms with E-state index in [4.69, 9.17) is 14.2 Å². The minimum absolute atomic E-state index is 0.0931. The molecule has 0 rings (SSSR count). The Bertz CT molecular complexity index is 1270. The Labute approximate surface area is 401 Å². The Kier molecular flexibility index (Phi) is 50.4. The minimum atomic E-state index is -0.795. The largest absolute Gasteiger partial charge is 0.462 e. The fourth-order valence-electron chi connectivity index (χ4n) is 7.33. The van der Waals surface area contributed by atoms with Gasteiger partial charge < -0.3 is 14.2 Å². The molecule has 0 bridgehead atoms. The standard InChI is InChI=1S/C59H100O6/c1-4-7-10-13-16-19-22-24-26-28-30-32-34-37-40-43-46-49-52-58(61)64-55-56(54-63-57(60)51-48-45-42-39-36-21-18-15-12-9-6-3)65-59(62)53-50-47-44-41-38-35-33-31-29-27-25-23-20-17-14-11-8-5-2/h10,13,15-16,18-19,22,24,26,28,30-33,56H,4-9,11-12,14,17,20-21,23,25,27,29,34-55H2,1-3H3/b13-10-,18-15-,19-16-,24-22-,28-26-,32-30-,33-31-. The summed E-state index contributed by atoms with van der Waals surface area (Å²) in [6.07, 6.45) is 68.5. The van der Waals surface area contributed by atoms with Crippen LogP contribution in [0.15, 0.2) is 85.1 Å². The maximum atomic E-state index is 12.8. The van der Waals surface area contributed by atoms with Gasteiger partial charge in [-0.25, -0.2) is 0 Å². The smallest absolute Gasteiger partial charge is 0.306 e. The van der Waals surface area contributed by atoms with Gasteiger partial charge in [-0.1, -0.05) is 234 Å². The van der Waals surface area contributed by atoms with Crippen LogP contribution in [0.1, 0.15) is 252 Å². The topological polar surface area (TPSA) is 78.9 Å². The number of unbranched alkanes of at least 4 members (excludes halogenated alkanes) is 27. The quantitative estimate of drug-likeness (QED) is 0.0199. The highest BCUT2D eigenvalue weighted by Crippen LogP contribution is 2.14. The average molecular weight is 905 g/mol. The van der Waals surface area contributed by atoms with Crippen molar-refractivity contribution >= 4 is 17.9 Å². The molecule has 0 aliphatic heterocycles. The number of allylic oxidation sites excluding steroid dienone is 14. The molecule has 0 fully saturated rings. The van der Waals surface area contributed by atoms with Crippen LogP contribution in [0.4, 0.5) is 0 Å². The van der Waals surface area contributed by atoms with Crippen LogP contribution in [0, 0.1) is 0 Å². The lowest BCUT2D eigenvalue weighted by atomic mass is 10.1. The molecule has 1 atom stereocenters. The molecule has 0 N–H and O–H groups in total. The number of esters is 3. The van der Waals surface area contributed by atoms with Crippen LogP contribution in [-0.4, -0.2) is 37.2 Å². The molecule has 0 radical (unpaired) electrons. The lowest BCUT2D eigenvalue weighted by molar-refractivity contribution is -0.167. The summed E-state index contributed by atoms with van der Waals surface area (Å²) in [6.45, 7) is 6.48. The van der Waals surface area contributed by atoms with Crippen molar-refractivity contribution in [3.8, 4) is 0 Å². The van der Waals surface area contributed by atoms with E-state index in [9.17, 15) is 14.4 Å². The highest BCUT2D eigenvalue weighted by molar-refractivity contribution is 5.71. The SMILES string of the molecule is CCC\C=C/C=C\C=C/C=C\C=C/CCCCCCCC(=O)OCC(COC(=O)CCCCCCC/C=C\CCCC)OC(=O)CCCCCCC/C=C\CCCCCCCCCCC. The van der Waals surface area contributed by atoms with Crippen molar-refractivity contribution in [3.05, 3.63) is 85.1 Å². The minimum Gasteiger partial charge on any atom is -0.462 e. The van der Waals surface area contributed by atoms with Gasteiger partial charge in [0.15, 0.2) is 6.10 Å². The summed E-state index contributed by atoms with van der Waals surface area (Å²) >= 11 is 0. The zero-order valence-electron chi connectivity index (χ0n) is 42.5. The molecule has 6 nitrogen and oxygen atoms in total. The monoisotopic (exact) mass is 905 g/mol. The molecule has 65 heavy (non-hydrogen) atoms. The summed E-state index contributed by atoms with van der Waals surface area (Å²) in [4.78, 5) is 38.0. The molecule has 6 heteroatoms. The van der Waals surface area contributed by atoms with Crippen LogP contribution in [0.5, 0.6) is 0 Å². The summed E-state index contributed by atoms with van der Waals surface area (Å²) < 4.78 is 16.8. The third kappa shape index (κ3) is 51.4. The summed E-state index contributed by atoms with van der Waals surface area (Å²) in [7, 11) is 0. The number of hydrogen-bond acceptors (Lipinski definition) is 6. The second-order valence-electron chi connectivity index (χ2n) is 17.9. The normalized spacial score (nSPS) is 12.7. The van der Waals surface area contributed by atoms with Gasteiger partial charge in [0.25, 0.3) is 0 Å². The molecule has 0 saturated carbocycles. The van der Waals surface area contributed by atoms with Crippen LogP contribution in [0.25, 0.3) is 0 Å². The van der Waals surface area contributed by atoms with Gasteiger partial charge in [-0.15, -0.1) is 0 Å². The van der Waals surface area contributed by atoms with Crippen LogP contribution < -0.4 is 0 Å². The molecule has 0 aliphatic rings. The molecule has 0 spiro atoms. The zero-order valence-corrected chi connectivity index (χ0v) is 42.5. The maximum absolute atomic E-state index is 12.8. The van der Waals surface area contributed by atoms with E-state index in [2.05, 4.69) is 81.5 Å². The van der Waals surface area contributed by atoms with Gasteiger partial charge in [-0.3, -0.25) is 14.4 Å². The van der Waals surface area contributed by atoms with E-state index in [-0.39, 0.29) is 31.1 Å². The first-order valence-corrected chi connectivity index (χ1v) is 27.2. The van der Waals surface area contributed by atoms with Crippen molar-refractivity contribution in [1.29, 1.82) is 0 Å². The Morgan fingerprint density at radius 3 is 1.02 bits per heavy atom. The molecule has 0 aromatic carbocycles. The molecule has 0 aromatic rings. The highest BCUT2D eigenvalue weighted by Gasteiger charge is 2.19. The number of carbonyl (C=O) groups is 3. The summed E-state index contributed by atoms with van der Waals surface area (Å²) in [6, 6.07) is 0. The Morgan fingerprint density at radius 1 is 0.308 bits per heavy atom. The number of hydrogen-bond donors (Lipinski definition) is 0. The Balaban J connectivity index is 4.43. The zero-order chi connectivity index (χ0) is 47.2. The lowest BCUT2D eigenvalue weighted by Crippen LogP contribution is -2.30. The lowest BCUT2D eigenvalue weighted by Gasteiger charge is -2.18. The van der Waals surface area contributed by atoms with E-state index in [0.29, 0.717) is 19.3 Å². The maximum Gasteiger partial charge on any atom is 0.306 e. The van der Waals surface area contributed by atoms with Gasteiger partial charge in [0.05, 0.1) is 0 Å². The molecular formula is C59H100O6. The number of ether oxygens (including phenoxy) is 3. The van der Waals surface area contributed by atoms with Crippen LogP contribution in [0.2, 0.25) is 0 Å². The highest BCUT2D eigenvalue weighted by atomic mass is 16.6. The van der Waals surface area contributed by atoms with Crippen molar-refractivity contribution in [2.24, 2.45) is 0 Å². The van der Waals surface area contributed by atoms with E-state index in [1.807, 2.05) is 24.3 Å². The predicted molar refractivity (Wildman–Crippen MR) is 279 cm³/mol. The fourth-order valence-corrected chi connectivity index (χ4v) is 7.33. The van der Waals surface area contributed by atoms with Gasteiger partial charge in [0.2, 0.25) is 0 Å². The van der Waals surface area contributed by atoms with Gasteiger partial charge in [0, 0.05) is 19.3 Å². The van der Waals surface area contributed by atoms with Crippen LogP contribution >= 0.6 is 0 Å².